The summed E-state index contributed by atoms with van der Waals surface area (Å²) in [6, 6.07) is 0. The second-order valence-corrected chi connectivity index (χ2v) is 7.11. The molecule has 3 aliphatic rings. The topological polar surface area (TPSA) is 29.1 Å². The zero-order valence-electron chi connectivity index (χ0n) is 10.4. The summed E-state index contributed by atoms with van der Waals surface area (Å²) in [6.07, 6.45) is 8.87. The summed E-state index contributed by atoms with van der Waals surface area (Å²) in [6.45, 7) is 0.887. The van der Waals surface area contributed by atoms with Crippen molar-refractivity contribution in [3.63, 3.8) is 0 Å². The van der Waals surface area contributed by atoms with Crippen LogP contribution in [0.3, 0.4) is 0 Å². The first-order chi connectivity index (χ1) is 8.21. The SMILES string of the molecule is O=C(CC1CC2CCC1C2)NCC1(CBr)CC1. The van der Waals surface area contributed by atoms with Gasteiger partial charge in [0.25, 0.3) is 0 Å². The van der Waals surface area contributed by atoms with E-state index in [0.29, 0.717) is 17.2 Å². The van der Waals surface area contributed by atoms with E-state index in [2.05, 4.69) is 21.2 Å². The van der Waals surface area contributed by atoms with Crippen LogP contribution in [0.2, 0.25) is 0 Å². The summed E-state index contributed by atoms with van der Waals surface area (Å²) in [5.74, 6) is 2.83. The molecule has 3 heteroatoms. The maximum Gasteiger partial charge on any atom is 0.220 e. The Bertz CT molecular complexity index is 313. The zero-order valence-corrected chi connectivity index (χ0v) is 12.0. The van der Waals surface area contributed by atoms with Crippen LogP contribution in [0.15, 0.2) is 0 Å². The smallest absolute Gasteiger partial charge is 0.220 e. The van der Waals surface area contributed by atoms with E-state index in [0.717, 1.165) is 30.1 Å². The van der Waals surface area contributed by atoms with Gasteiger partial charge in [-0.05, 0) is 55.3 Å². The average Bonchev–Trinajstić information content (AvgIpc) is 2.83. The summed E-state index contributed by atoms with van der Waals surface area (Å²) in [7, 11) is 0. The molecule has 0 aromatic carbocycles. The molecular formula is C14H22BrNO. The third-order valence-electron chi connectivity index (χ3n) is 5.23. The second-order valence-electron chi connectivity index (χ2n) is 6.55. The van der Waals surface area contributed by atoms with Crippen LogP contribution in [-0.4, -0.2) is 17.8 Å². The maximum atomic E-state index is 11.9. The highest BCUT2D eigenvalue weighted by atomic mass is 79.9. The van der Waals surface area contributed by atoms with Gasteiger partial charge in [-0.25, -0.2) is 0 Å². The highest BCUT2D eigenvalue weighted by molar-refractivity contribution is 9.09. The molecule has 3 rings (SSSR count). The summed E-state index contributed by atoms with van der Waals surface area (Å²) < 4.78 is 0. The molecule has 1 N–H and O–H groups in total. The molecule has 2 bridgehead atoms. The number of fused-ring (bicyclic) bond motifs is 2. The largest absolute Gasteiger partial charge is 0.356 e. The van der Waals surface area contributed by atoms with Crippen molar-refractivity contribution in [2.24, 2.45) is 23.2 Å². The van der Waals surface area contributed by atoms with Crippen molar-refractivity contribution in [3.8, 4) is 0 Å². The van der Waals surface area contributed by atoms with Crippen molar-refractivity contribution < 1.29 is 4.79 Å². The maximum absolute atomic E-state index is 11.9. The molecule has 1 amide bonds. The Labute approximate surface area is 112 Å². The van der Waals surface area contributed by atoms with Gasteiger partial charge in [0, 0.05) is 18.3 Å². The van der Waals surface area contributed by atoms with E-state index in [1.54, 1.807) is 0 Å². The minimum absolute atomic E-state index is 0.301. The highest BCUT2D eigenvalue weighted by Gasteiger charge is 2.43. The van der Waals surface area contributed by atoms with E-state index in [-0.39, 0.29) is 0 Å². The Morgan fingerprint density at radius 2 is 2.12 bits per heavy atom. The minimum Gasteiger partial charge on any atom is -0.356 e. The third kappa shape index (κ3) is 2.54. The van der Waals surface area contributed by atoms with Gasteiger partial charge in [-0.3, -0.25) is 4.79 Å². The normalized spacial score (nSPS) is 37.1. The number of nitrogens with one attached hydrogen (secondary N) is 1. The molecule has 17 heavy (non-hydrogen) atoms. The van der Waals surface area contributed by atoms with Gasteiger partial charge in [0.05, 0.1) is 0 Å². The van der Waals surface area contributed by atoms with Gasteiger partial charge < -0.3 is 5.32 Å². The first kappa shape index (κ1) is 12.0. The fraction of sp³-hybridized carbons (Fsp3) is 0.929. The van der Waals surface area contributed by atoms with Gasteiger partial charge in [-0.15, -0.1) is 0 Å². The molecule has 3 aliphatic carbocycles. The summed E-state index contributed by atoms with van der Waals surface area (Å²) >= 11 is 3.55. The van der Waals surface area contributed by atoms with Crippen LogP contribution in [-0.2, 0) is 4.79 Å². The van der Waals surface area contributed by atoms with Crippen LogP contribution in [0.5, 0.6) is 0 Å². The molecule has 2 nitrogen and oxygen atoms in total. The van der Waals surface area contributed by atoms with E-state index in [1.807, 2.05) is 0 Å². The first-order valence-corrected chi connectivity index (χ1v) is 8.16. The number of amides is 1. The number of carbonyl (C=O) groups excluding carboxylic acids is 1. The molecule has 0 radical (unpaired) electrons. The van der Waals surface area contributed by atoms with Gasteiger partial charge in [0.2, 0.25) is 5.91 Å². The lowest BCUT2D eigenvalue weighted by Gasteiger charge is -2.21. The molecule has 96 valence electrons. The van der Waals surface area contributed by atoms with E-state index < -0.39 is 0 Å². The quantitative estimate of drug-likeness (QED) is 0.777. The Morgan fingerprint density at radius 3 is 2.65 bits per heavy atom. The molecule has 0 aromatic rings. The third-order valence-corrected chi connectivity index (χ3v) is 6.42. The van der Waals surface area contributed by atoms with Crippen molar-refractivity contribution in [1.29, 1.82) is 0 Å². The molecule has 0 spiro atoms. The van der Waals surface area contributed by atoms with Crippen LogP contribution in [0, 0.1) is 23.2 Å². The first-order valence-electron chi connectivity index (χ1n) is 7.03. The number of hydrogen-bond donors (Lipinski definition) is 1. The van der Waals surface area contributed by atoms with Gasteiger partial charge in [-0.1, -0.05) is 22.4 Å². The molecule has 3 unspecified atom stereocenters. The van der Waals surface area contributed by atoms with Crippen molar-refractivity contribution >= 4 is 21.8 Å². The van der Waals surface area contributed by atoms with Crippen LogP contribution in [0.1, 0.15) is 44.9 Å². The van der Waals surface area contributed by atoms with Crippen molar-refractivity contribution in [1.82, 2.24) is 5.32 Å². The Morgan fingerprint density at radius 1 is 1.29 bits per heavy atom. The fourth-order valence-electron chi connectivity index (χ4n) is 3.76. The highest BCUT2D eigenvalue weighted by Crippen LogP contribution is 2.49. The van der Waals surface area contributed by atoms with E-state index >= 15 is 0 Å². The zero-order chi connectivity index (χ0) is 11.9. The molecular weight excluding hydrogens is 278 g/mol. The van der Waals surface area contributed by atoms with Gasteiger partial charge in [0.15, 0.2) is 0 Å². The summed E-state index contributed by atoms with van der Waals surface area (Å²) in [4.78, 5) is 11.9. The predicted molar refractivity (Wildman–Crippen MR) is 72.0 cm³/mol. The number of carbonyl (C=O) groups is 1. The molecule has 3 atom stereocenters. The molecule has 0 aliphatic heterocycles. The monoisotopic (exact) mass is 299 g/mol. The lowest BCUT2D eigenvalue weighted by atomic mass is 9.86. The summed E-state index contributed by atoms with van der Waals surface area (Å²) in [5, 5.41) is 4.19. The molecule has 0 saturated heterocycles. The van der Waals surface area contributed by atoms with Crippen LogP contribution >= 0.6 is 15.9 Å². The predicted octanol–water partition coefficient (Wildman–Crippen LogP) is 3.10. The minimum atomic E-state index is 0.301. The van der Waals surface area contributed by atoms with E-state index in [9.17, 15) is 4.79 Å². The fourth-order valence-corrected chi connectivity index (χ4v) is 4.52. The Balaban J connectivity index is 1.42. The molecule has 3 fully saturated rings. The van der Waals surface area contributed by atoms with Crippen LogP contribution < -0.4 is 5.32 Å². The van der Waals surface area contributed by atoms with Crippen molar-refractivity contribution in [3.05, 3.63) is 0 Å². The lowest BCUT2D eigenvalue weighted by Crippen LogP contribution is -2.32. The molecule has 3 saturated carbocycles. The van der Waals surface area contributed by atoms with Gasteiger partial charge >= 0.3 is 0 Å². The lowest BCUT2D eigenvalue weighted by molar-refractivity contribution is -0.122. The molecule has 0 aromatic heterocycles. The van der Waals surface area contributed by atoms with Crippen LogP contribution in [0.4, 0.5) is 0 Å². The van der Waals surface area contributed by atoms with Crippen LogP contribution in [0.25, 0.3) is 0 Å². The standard InChI is InChI=1S/C14H22BrNO/c15-8-14(3-4-14)9-16-13(17)7-12-6-10-1-2-11(12)5-10/h10-12H,1-9H2,(H,16,17). The average molecular weight is 300 g/mol. The van der Waals surface area contributed by atoms with Crippen molar-refractivity contribution in [2.45, 2.75) is 44.9 Å². The number of hydrogen-bond acceptors (Lipinski definition) is 1. The van der Waals surface area contributed by atoms with E-state index in [1.165, 1.54) is 38.5 Å². The molecule has 0 heterocycles. The second kappa shape index (κ2) is 4.56. The van der Waals surface area contributed by atoms with Gasteiger partial charge in [0.1, 0.15) is 0 Å². The number of alkyl halides is 1. The summed E-state index contributed by atoms with van der Waals surface area (Å²) in [5.41, 5.74) is 0.407. The Kier molecular flexibility index (Phi) is 3.22. The van der Waals surface area contributed by atoms with Crippen molar-refractivity contribution in [2.75, 3.05) is 11.9 Å². The van der Waals surface area contributed by atoms with E-state index in [4.69, 9.17) is 0 Å². The van der Waals surface area contributed by atoms with Gasteiger partial charge in [-0.2, -0.15) is 0 Å². The Hall–Kier alpha value is -0.0500. The number of rotatable bonds is 5. The number of halogens is 1.